The van der Waals surface area contributed by atoms with Crippen LogP contribution in [0.1, 0.15) is 12.1 Å². The highest BCUT2D eigenvalue weighted by Gasteiger charge is 2.54. The van der Waals surface area contributed by atoms with Gasteiger partial charge in [0.15, 0.2) is 10.8 Å². The molecule has 0 spiro atoms. The first-order valence-corrected chi connectivity index (χ1v) is 12.3. The predicted octanol–water partition coefficient (Wildman–Crippen LogP) is 0.115. The largest absolute Gasteiger partial charge is 0.477 e. The van der Waals surface area contributed by atoms with E-state index in [1.54, 1.807) is 11.6 Å². The standard InChI is InChI=1S/C17H18N8O5S3/c1-30-23-10(8-6-33-17(18)20-8)13(26)21-11-14(27)25-12(16(28)29)7(5-32-15(11)25)2-3-31-9-4-19-24-22-9/h4,6,11,15H,2-3,5H2,1H3,(H2,18,20)(H,21,26)(H,28,29)(H,19,22,24)/b23-10-/t11-,15-/m1/s1. The highest BCUT2D eigenvalue weighted by atomic mass is 32.2. The van der Waals surface area contributed by atoms with Crippen molar-refractivity contribution in [1.82, 2.24) is 30.6 Å². The van der Waals surface area contributed by atoms with Crippen LogP contribution in [0.3, 0.4) is 0 Å². The Hall–Kier alpha value is -3.11. The summed E-state index contributed by atoms with van der Waals surface area (Å²) in [5.41, 5.74) is 6.33. The average Bonchev–Trinajstić information content (AvgIpc) is 3.46. The summed E-state index contributed by atoms with van der Waals surface area (Å²) < 4.78 is 0. The van der Waals surface area contributed by atoms with Gasteiger partial charge in [0.05, 0.1) is 6.20 Å². The average molecular weight is 511 g/mol. The van der Waals surface area contributed by atoms with Crippen LogP contribution < -0.4 is 11.1 Å². The number of nitrogen functional groups attached to an aromatic ring is 1. The molecule has 1 saturated heterocycles. The number of carboxylic acids is 1. The van der Waals surface area contributed by atoms with E-state index < -0.39 is 29.2 Å². The number of carboxylic acid groups (broad SMARTS) is 1. The zero-order chi connectivity index (χ0) is 23.5. The molecule has 4 heterocycles. The molecule has 16 heteroatoms. The van der Waals surface area contributed by atoms with Crippen molar-refractivity contribution in [3.8, 4) is 0 Å². The number of β-lactam (4-membered cyclic amide) rings is 1. The molecular formula is C17H18N8O5S3. The Morgan fingerprint density at radius 3 is 2.97 bits per heavy atom. The number of carbonyl (C=O) groups is 3. The monoisotopic (exact) mass is 510 g/mol. The Bertz CT molecular complexity index is 1130. The molecule has 1 fully saturated rings. The first-order valence-electron chi connectivity index (χ1n) is 9.42. The molecule has 2 amide bonds. The van der Waals surface area contributed by atoms with Gasteiger partial charge in [0.25, 0.3) is 11.8 Å². The van der Waals surface area contributed by atoms with E-state index in [1.807, 2.05) is 0 Å². The summed E-state index contributed by atoms with van der Waals surface area (Å²) in [6, 6.07) is -0.902. The molecule has 13 nitrogen and oxygen atoms in total. The lowest BCUT2D eigenvalue weighted by Gasteiger charge is -2.49. The number of nitrogens with one attached hydrogen (secondary N) is 2. The van der Waals surface area contributed by atoms with E-state index in [2.05, 4.69) is 30.9 Å². The minimum atomic E-state index is -1.18. The maximum Gasteiger partial charge on any atom is 0.352 e. The van der Waals surface area contributed by atoms with Crippen LogP contribution in [-0.4, -0.2) is 83.9 Å². The number of aromatic amines is 1. The molecular weight excluding hydrogens is 492 g/mol. The third-order valence-corrected chi connectivity index (χ3v) is 7.66. The molecule has 2 atom stereocenters. The van der Waals surface area contributed by atoms with Crippen LogP contribution >= 0.6 is 34.9 Å². The molecule has 2 aliphatic heterocycles. The van der Waals surface area contributed by atoms with Gasteiger partial charge in [-0.2, -0.15) is 10.3 Å². The topological polar surface area (TPSA) is 189 Å². The Morgan fingerprint density at radius 2 is 2.33 bits per heavy atom. The van der Waals surface area contributed by atoms with Crippen LogP contribution in [0.15, 0.2) is 33.0 Å². The number of anilines is 1. The lowest BCUT2D eigenvalue weighted by atomic mass is 10.0. The van der Waals surface area contributed by atoms with Gasteiger partial charge in [-0.1, -0.05) is 5.16 Å². The van der Waals surface area contributed by atoms with Crippen molar-refractivity contribution in [2.24, 2.45) is 5.16 Å². The quantitative estimate of drug-likeness (QED) is 0.155. The number of thiazole rings is 1. The maximum absolute atomic E-state index is 12.8. The van der Waals surface area contributed by atoms with E-state index in [0.29, 0.717) is 28.5 Å². The molecule has 0 unspecified atom stereocenters. The second kappa shape index (κ2) is 9.80. The third-order valence-electron chi connectivity index (χ3n) is 4.75. The van der Waals surface area contributed by atoms with Gasteiger partial charge in [0, 0.05) is 16.9 Å². The minimum Gasteiger partial charge on any atom is -0.477 e. The number of fused-ring (bicyclic) bond motifs is 1. The van der Waals surface area contributed by atoms with Gasteiger partial charge in [-0.3, -0.25) is 14.5 Å². The number of carbonyl (C=O) groups excluding carboxylic acids is 2. The van der Waals surface area contributed by atoms with Gasteiger partial charge in [-0.05, 0) is 12.0 Å². The fraction of sp³-hybridized carbons (Fsp3) is 0.353. The number of nitrogens with two attached hydrogens (primary N) is 1. The Balaban J connectivity index is 1.45. The third kappa shape index (κ3) is 4.67. The number of H-pyrrole nitrogens is 1. The molecule has 0 aromatic carbocycles. The van der Waals surface area contributed by atoms with E-state index in [9.17, 15) is 19.5 Å². The summed E-state index contributed by atoms with van der Waals surface area (Å²) >= 11 is 3.95. The Kier molecular flexibility index (Phi) is 6.85. The van der Waals surface area contributed by atoms with Gasteiger partial charge >= 0.3 is 5.97 Å². The van der Waals surface area contributed by atoms with E-state index in [4.69, 9.17) is 10.6 Å². The van der Waals surface area contributed by atoms with Crippen LogP contribution in [0.5, 0.6) is 0 Å². The van der Waals surface area contributed by atoms with Gasteiger partial charge in [-0.25, -0.2) is 9.78 Å². The number of aromatic nitrogens is 4. The zero-order valence-corrected chi connectivity index (χ0v) is 19.5. The van der Waals surface area contributed by atoms with Crippen LogP contribution in [0.4, 0.5) is 5.13 Å². The van der Waals surface area contributed by atoms with Crippen molar-refractivity contribution in [2.75, 3.05) is 24.3 Å². The van der Waals surface area contributed by atoms with Crippen LogP contribution in [0.25, 0.3) is 0 Å². The Labute approximate surface area is 199 Å². The number of aliphatic carboxylic acids is 1. The molecule has 0 radical (unpaired) electrons. The molecule has 4 rings (SSSR count). The van der Waals surface area contributed by atoms with Gasteiger partial charge in [-0.15, -0.1) is 40.0 Å². The summed E-state index contributed by atoms with van der Waals surface area (Å²) in [4.78, 5) is 47.6. The number of rotatable bonds is 9. The van der Waals surface area contributed by atoms with E-state index in [0.717, 1.165) is 11.3 Å². The smallest absolute Gasteiger partial charge is 0.352 e. The first kappa shape index (κ1) is 23.1. The van der Waals surface area contributed by atoms with Gasteiger partial charge < -0.3 is 21.0 Å². The van der Waals surface area contributed by atoms with E-state index >= 15 is 0 Å². The summed E-state index contributed by atoms with van der Waals surface area (Å²) in [6.45, 7) is 0. The number of hydrogen-bond acceptors (Lipinski definition) is 12. The predicted molar refractivity (Wildman–Crippen MR) is 121 cm³/mol. The van der Waals surface area contributed by atoms with Crippen LogP contribution in [0, 0.1) is 0 Å². The second-order valence-electron chi connectivity index (χ2n) is 6.72. The van der Waals surface area contributed by atoms with E-state index in [-0.39, 0.29) is 22.2 Å². The number of oxime groups is 1. The second-order valence-corrected chi connectivity index (χ2v) is 9.83. The summed E-state index contributed by atoms with van der Waals surface area (Å²) in [7, 11) is 1.28. The molecule has 0 aliphatic carbocycles. The molecule has 2 aliphatic rings. The SMILES string of the molecule is CO/N=C(\C(=O)N[C@@H]1C(=O)N2C(C(=O)O)=C(CCSc3cn[nH]n3)CS[C@H]12)c1csc(N)n1. The Morgan fingerprint density at radius 1 is 1.52 bits per heavy atom. The van der Waals surface area contributed by atoms with Crippen molar-refractivity contribution in [3.63, 3.8) is 0 Å². The molecule has 2 aromatic rings. The normalized spacial score (nSPS) is 20.3. The zero-order valence-electron chi connectivity index (χ0n) is 17.0. The fourth-order valence-corrected chi connectivity index (χ4v) is 6.04. The number of amides is 2. The van der Waals surface area contributed by atoms with Gasteiger partial charge in [0.1, 0.15) is 34.9 Å². The molecule has 2 aromatic heterocycles. The number of nitrogens with zero attached hydrogens (tertiary/aromatic N) is 5. The summed E-state index contributed by atoms with van der Waals surface area (Å²) in [6.07, 6.45) is 2.05. The van der Waals surface area contributed by atoms with Crippen molar-refractivity contribution < 1.29 is 24.3 Å². The molecule has 5 N–H and O–H groups in total. The molecule has 0 bridgehead atoms. The number of thioether (sulfide) groups is 2. The molecule has 0 saturated carbocycles. The minimum absolute atomic E-state index is 0.0342. The first-order chi connectivity index (χ1) is 15.9. The molecule has 33 heavy (non-hydrogen) atoms. The molecule has 174 valence electrons. The lowest BCUT2D eigenvalue weighted by Crippen LogP contribution is -2.71. The summed E-state index contributed by atoms with van der Waals surface area (Å²) in [5.74, 6) is -1.35. The van der Waals surface area contributed by atoms with Crippen LogP contribution in [-0.2, 0) is 19.2 Å². The van der Waals surface area contributed by atoms with E-state index in [1.165, 1.54) is 35.5 Å². The van der Waals surface area contributed by atoms with Crippen molar-refractivity contribution in [2.45, 2.75) is 22.9 Å². The number of hydrogen-bond donors (Lipinski definition) is 4. The van der Waals surface area contributed by atoms with Crippen molar-refractivity contribution in [3.05, 3.63) is 28.5 Å². The fourth-order valence-electron chi connectivity index (χ4n) is 3.32. The van der Waals surface area contributed by atoms with Crippen LogP contribution in [0.2, 0.25) is 0 Å². The van der Waals surface area contributed by atoms with Crippen molar-refractivity contribution >= 4 is 63.5 Å². The van der Waals surface area contributed by atoms with Crippen molar-refractivity contribution in [1.29, 1.82) is 0 Å². The highest BCUT2D eigenvalue weighted by molar-refractivity contribution is 8.00. The highest BCUT2D eigenvalue weighted by Crippen LogP contribution is 2.41. The van der Waals surface area contributed by atoms with Gasteiger partial charge in [0.2, 0.25) is 0 Å². The summed E-state index contributed by atoms with van der Waals surface area (Å²) in [5, 5.41) is 28.2. The lowest BCUT2D eigenvalue weighted by molar-refractivity contribution is -0.150. The maximum atomic E-state index is 12.8.